The molecule has 0 heterocycles. The number of nitro benzene ring substituents is 1. The summed E-state index contributed by atoms with van der Waals surface area (Å²) in [7, 11) is 1.24. The quantitative estimate of drug-likeness (QED) is 0.420. The molecule has 2 aromatic carbocycles. The van der Waals surface area contributed by atoms with Gasteiger partial charge in [0.1, 0.15) is 0 Å². The molecule has 8 nitrogen and oxygen atoms in total. The van der Waals surface area contributed by atoms with Gasteiger partial charge in [0, 0.05) is 11.1 Å². The fraction of sp³-hybridized carbons (Fsp3) is 0.222. The highest BCUT2D eigenvalue weighted by Gasteiger charge is 2.22. The number of carbonyl (C=O) groups is 2. The fourth-order valence-electron chi connectivity index (χ4n) is 2.36. The summed E-state index contributed by atoms with van der Waals surface area (Å²) in [6.07, 6.45) is -0.128. The van der Waals surface area contributed by atoms with Gasteiger partial charge in [-0.1, -0.05) is 41.9 Å². The molecule has 0 radical (unpaired) electrons. The Balaban J connectivity index is 2.09. The van der Waals surface area contributed by atoms with E-state index in [1.165, 1.54) is 25.3 Å². The van der Waals surface area contributed by atoms with Crippen molar-refractivity contribution in [1.82, 2.24) is 5.32 Å². The van der Waals surface area contributed by atoms with Crippen molar-refractivity contribution in [3.63, 3.8) is 0 Å². The van der Waals surface area contributed by atoms with E-state index in [9.17, 15) is 19.7 Å². The largest absolute Gasteiger partial charge is 0.477 e. The van der Waals surface area contributed by atoms with Gasteiger partial charge in [-0.15, -0.1) is 0 Å². The van der Waals surface area contributed by atoms with Crippen LogP contribution in [0.15, 0.2) is 48.5 Å². The molecule has 2 aromatic rings. The first-order valence-corrected chi connectivity index (χ1v) is 8.27. The third-order valence-electron chi connectivity index (χ3n) is 3.64. The van der Waals surface area contributed by atoms with Gasteiger partial charge in [0.15, 0.2) is 12.4 Å². The van der Waals surface area contributed by atoms with E-state index in [1.54, 1.807) is 30.3 Å². The number of halogens is 1. The van der Waals surface area contributed by atoms with Crippen LogP contribution in [0.4, 0.5) is 5.69 Å². The van der Waals surface area contributed by atoms with Crippen molar-refractivity contribution in [3.05, 3.63) is 69.2 Å². The Morgan fingerprint density at radius 2 is 1.85 bits per heavy atom. The average molecular weight is 393 g/mol. The van der Waals surface area contributed by atoms with Crippen LogP contribution < -0.4 is 10.1 Å². The minimum absolute atomic E-state index is 0.0279. The average Bonchev–Trinajstić information content (AvgIpc) is 2.66. The number of hydrogen-bond acceptors (Lipinski definition) is 6. The van der Waals surface area contributed by atoms with Crippen molar-refractivity contribution >= 4 is 29.2 Å². The van der Waals surface area contributed by atoms with Crippen LogP contribution in [0.5, 0.6) is 5.75 Å². The Labute approximate surface area is 160 Å². The van der Waals surface area contributed by atoms with Gasteiger partial charge in [0.05, 0.1) is 24.5 Å². The van der Waals surface area contributed by atoms with Gasteiger partial charge in [-0.25, -0.2) is 0 Å². The molecule has 1 atom stereocenters. The number of benzene rings is 2. The summed E-state index contributed by atoms with van der Waals surface area (Å²) in [5.74, 6) is -1.12. The van der Waals surface area contributed by atoms with E-state index < -0.39 is 29.4 Å². The van der Waals surface area contributed by atoms with Crippen molar-refractivity contribution in [2.75, 3.05) is 13.7 Å². The Morgan fingerprint density at radius 3 is 2.52 bits per heavy atom. The molecule has 0 saturated carbocycles. The third kappa shape index (κ3) is 5.68. The summed E-state index contributed by atoms with van der Waals surface area (Å²) in [6.45, 7) is -0.465. The standard InChI is InChI=1S/C18H17ClN2O6/c1-26-18(23)10-14(12-6-2-3-7-13(12)19)20-17(22)11-27-16-9-5-4-8-15(16)21(24)25/h2-9,14H,10-11H2,1H3,(H,20,22). The molecule has 0 aromatic heterocycles. The Kier molecular flexibility index (Phi) is 7.13. The molecule has 0 aliphatic carbocycles. The molecular weight excluding hydrogens is 376 g/mol. The maximum Gasteiger partial charge on any atom is 0.310 e. The van der Waals surface area contributed by atoms with Crippen molar-refractivity contribution in [1.29, 1.82) is 0 Å². The van der Waals surface area contributed by atoms with Crippen LogP contribution in [-0.4, -0.2) is 30.5 Å². The molecular formula is C18H17ClN2O6. The van der Waals surface area contributed by atoms with Gasteiger partial charge in [0.25, 0.3) is 5.91 Å². The second kappa shape index (κ2) is 9.54. The first kappa shape index (κ1) is 20.2. The summed E-state index contributed by atoms with van der Waals surface area (Å²) in [6, 6.07) is 11.8. The highest BCUT2D eigenvalue weighted by atomic mass is 35.5. The minimum Gasteiger partial charge on any atom is -0.477 e. The summed E-state index contributed by atoms with van der Waals surface area (Å²) < 4.78 is 9.91. The first-order valence-electron chi connectivity index (χ1n) is 7.89. The lowest BCUT2D eigenvalue weighted by atomic mass is 10.0. The van der Waals surface area contributed by atoms with Crippen LogP contribution in [0.3, 0.4) is 0 Å². The Morgan fingerprint density at radius 1 is 1.19 bits per heavy atom. The summed E-state index contributed by atoms with van der Waals surface area (Å²) >= 11 is 6.15. The molecule has 0 spiro atoms. The normalized spacial score (nSPS) is 11.3. The number of nitrogens with zero attached hydrogens (tertiary/aromatic N) is 1. The van der Waals surface area contributed by atoms with Crippen LogP contribution in [0.2, 0.25) is 5.02 Å². The monoisotopic (exact) mass is 392 g/mol. The highest BCUT2D eigenvalue weighted by Crippen LogP contribution is 2.27. The predicted molar refractivity (Wildman–Crippen MR) is 97.6 cm³/mol. The molecule has 0 aliphatic rings. The molecule has 142 valence electrons. The molecule has 1 N–H and O–H groups in total. The number of rotatable bonds is 8. The number of para-hydroxylation sites is 2. The predicted octanol–water partition coefficient (Wildman–Crippen LogP) is 3.05. The smallest absolute Gasteiger partial charge is 0.310 e. The van der Waals surface area contributed by atoms with E-state index in [4.69, 9.17) is 16.3 Å². The molecule has 0 fully saturated rings. The number of ether oxygens (including phenoxy) is 2. The lowest BCUT2D eigenvalue weighted by Gasteiger charge is -2.19. The van der Waals surface area contributed by atoms with Crippen molar-refractivity contribution in [2.24, 2.45) is 0 Å². The van der Waals surface area contributed by atoms with E-state index in [2.05, 4.69) is 10.1 Å². The zero-order valence-corrected chi connectivity index (χ0v) is 15.1. The SMILES string of the molecule is COC(=O)CC(NC(=O)COc1ccccc1[N+](=O)[O-])c1ccccc1Cl. The molecule has 0 aliphatic heterocycles. The van der Waals surface area contributed by atoms with E-state index >= 15 is 0 Å². The molecule has 27 heavy (non-hydrogen) atoms. The zero-order valence-electron chi connectivity index (χ0n) is 14.4. The van der Waals surface area contributed by atoms with Gasteiger partial charge >= 0.3 is 11.7 Å². The van der Waals surface area contributed by atoms with Crippen molar-refractivity contribution in [3.8, 4) is 5.75 Å². The second-order valence-electron chi connectivity index (χ2n) is 5.44. The third-order valence-corrected chi connectivity index (χ3v) is 3.98. The van der Waals surface area contributed by atoms with E-state index in [1.807, 2.05) is 0 Å². The van der Waals surface area contributed by atoms with Gasteiger partial charge in [-0.2, -0.15) is 0 Å². The van der Waals surface area contributed by atoms with Crippen LogP contribution in [0.25, 0.3) is 0 Å². The van der Waals surface area contributed by atoms with E-state index in [-0.39, 0.29) is 17.9 Å². The lowest BCUT2D eigenvalue weighted by Crippen LogP contribution is -2.34. The van der Waals surface area contributed by atoms with Crippen LogP contribution >= 0.6 is 11.6 Å². The number of methoxy groups -OCH3 is 1. The van der Waals surface area contributed by atoms with Crippen LogP contribution in [-0.2, 0) is 14.3 Å². The second-order valence-corrected chi connectivity index (χ2v) is 5.84. The molecule has 1 amide bonds. The first-order chi connectivity index (χ1) is 12.9. The maximum atomic E-state index is 12.3. The van der Waals surface area contributed by atoms with Gasteiger partial charge in [0.2, 0.25) is 0 Å². The highest BCUT2D eigenvalue weighted by molar-refractivity contribution is 6.31. The fourth-order valence-corrected chi connectivity index (χ4v) is 2.62. The van der Waals surface area contributed by atoms with Gasteiger partial charge in [-0.3, -0.25) is 19.7 Å². The molecule has 0 bridgehead atoms. The summed E-state index contributed by atoms with van der Waals surface area (Å²) in [5.41, 5.74) is 0.297. The number of esters is 1. The molecule has 1 unspecified atom stereocenters. The lowest BCUT2D eigenvalue weighted by molar-refractivity contribution is -0.385. The number of nitrogens with one attached hydrogen (secondary N) is 1. The number of hydrogen-bond donors (Lipinski definition) is 1. The number of carbonyl (C=O) groups excluding carboxylic acids is 2. The van der Waals surface area contributed by atoms with E-state index in [0.29, 0.717) is 10.6 Å². The molecule has 0 saturated heterocycles. The van der Waals surface area contributed by atoms with Crippen molar-refractivity contribution < 1.29 is 24.0 Å². The van der Waals surface area contributed by atoms with E-state index in [0.717, 1.165) is 0 Å². The van der Waals surface area contributed by atoms with Gasteiger partial charge < -0.3 is 14.8 Å². The van der Waals surface area contributed by atoms with Crippen LogP contribution in [0, 0.1) is 10.1 Å². The summed E-state index contributed by atoms with van der Waals surface area (Å²) in [4.78, 5) is 34.3. The minimum atomic E-state index is -0.729. The Bertz CT molecular complexity index is 842. The zero-order chi connectivity index (χ0) is 19.8. The number of nitro groups is 1. The topological polar surface area (TPSA) is 108 Å². The Hall–Kier alpha value is -3.13. The number of amides is 1. The van der Waals surface area contributed by atoms with Gasteiger partial charge in [-0.05, 0) is 17.7 Å². The molecule has 2 rings (SSSR count). The van der Waals surface area contributed by atoms with Crippen molar-refractivity contribution in [2.45, 2.75) is 12.5 Å². The maximum absolute atomic E-state index is 12.3. The molecule has 9 heteroatoms. The van der Waals surface area contributed by atoms with Crippen LogP contribution in [0.1, 0.15) is 18.0 Å². The summed E-state index contributed by atoms with van der Waals surface area (Å²) in [5, 5.41) is 14.0.